The Morgan fingerprint density at radius 2 is 1.55 bits per heavy atom. The second-order valence-electron chi connectivity index (χ2n) is 8.13. The number of aryl methyl sites for hydroxylation is 3. The van der Waals surface area contributed by atoms with Gasteiger partial charge in [0.15, 0.2) is 0 Å². The van der Waals surface area contributed by atoms with Crippen molar-refractivity contribution in [1.82, 2.24) is 0 Å². The van der Waals surface area contributed by atoms with Crippen molar-refractivity contribution in [2.45, 2.75) is 27.2 Å². The van der Waals surface area contributed by atoms with Gasteiger partial charge in [-0.1, -0.05) is 0 Å². The second kappa shape index (κ2) is 9.88. The zero-order valence-corrected chi connectivity index (χ0v) is 21.0. The summed E-state index contributed by atoms with van der Waals surface area (Å²) < 4.78 is 3.14. The van der Waals surface area contributed by atoms with Gasteiger partial charge >= 0.3 is 183 Å². The summed E-state index contributed by atoms with van der Waals surface area (Å²) in [5.74, 6) is 0. The Balaban J connectivity index is 0.00000136. The van der Waals surface area contributed by atoms with Gasteiger partial charge in [0.25, 0.3) is 0 Å². The van der Waals surface area contributed by atoms with Crippen LogP contribution >= 0.6 is 0 Å². The molecule has 0 fully saturated rings. The molecule has 5 rings (SSSR count). The molecule has 0 bridgehead atoms. The summed E-state index contributed by atoms with van der Waals surface area (Å²) >= 11 is -0.255. The third kappa shape index (κ3) is 4.62. The van der Waals surface area contributed by atoms with Crippen LogP contribution in [0.3, 0.4) is 0 Å². The zero-order valence-electron chi connectivity index (χ0n) is 18.0. The fourth-order valence-corrected chi connectivity index (χ4v) is 6.51. The topological polar surface area (TPSA) is 0 Å². The summed E-state index contributed by atoms with van der Waals surface area (Å²) in [6.45, 7) is 9.19. The molecule has 4 heteroatoms. The van der Waals surface area contributed by atoms with Crippen LogP contribution in [0.4, 0.5) is 0 Å². The fourth-order valence-electron chi connectivity index (χ4n) is 4.71. The van der Waals surface area contributed by atoms with E-state index < -0.39 is 0 Å². The Labute approximate surface area is 206 Å². The van der Waals surface area contributed by atoms with E-state index in [9.17, 15) is 0 Å². The molecule has 0 saturated carbocycles. The number of benzene rings is 3. The molecule has 152 valence electrons. The molecule has 0 saturated heterocycles. The van der Waals surface area contributed by atoms with E-state index in [1.54, 1.807) is 3.88 Å². The minimum absolute atomic E-state index is 0. The first kappa shape index (κ1) is 24.0. The Morgan fingerprint density at radius 1 is 0.806 bits per heavy atom. The van der Waals surface area contributed by atoms with E-state index in [1.165, 1.54) is 53.0 Å². The third-order valence-electron chi connectivity index (χ3n) is 5.87. The number of hydrogen-bond acceptors (Lipinski definition) is 0. The van der Waals surface area contributed by atoms with Crippen molar-refractivity contribution in [3.05, 3.63) is 93.4 Å². The molecular weight excluding hydrogens is 454 g/mol. The first-order chi connectivity index (χ1) is 14.1. The van der Waals surface area contributed by atoms with Crippen molar-refractivity contribution in [2.75, 3.05) is 0 Å². The van der Waals surface area contributed by atoms with E-state index in [0.29, 0.717) is 0 Å². The van der Waals surface area contributed by atoms with Crippen LogP contribution < -0.4 is 28.6 Å². The van der Waals surface area contributed by atoms with Gasteiger partial charge < -0.3 is 24.8 Å². The average molecular weight is 477 g/mol. The Kier molecular flexibility index (Phi) is 7.66. The molecule has 1 aromatic heterocycles. The summed E-state index contributed by atoms with van der Waals surface area (Å²) in [4.78, 5) is 0. The molecule has 0 nitrogen and oxygen atoms in total. The van der Waals surface area contributed by atoms with E-state index in [4.69, 9.17) is 0 Å². The Morgan fingerprint density at radius 3 is 2.26 bits per heavy atom. The van der Waals surface area contributed by atoms with Crippen LogP contribution in [0, 0.1) is 20.8 Å². The third-order valence-corrected chi connectivity index (χ3v) is 7.88. The molecule has 3 aromatic carbocycles. The standard InChI is InChI=1S/C22H18B.C5H5.2ClH.Ti/c1-14-11-15(2)20(16(3)12-14)21-19-9-5-4-7-17(19)13-18-8-6-10-23-22(18)21;1-2-4-5-3-1;;;/h4-9,11-13H,1-3H3;1-3H,4H2;2*1H;/q;;;;+2/p-2. The summed E-state index contributed by atoms with van der Waals surface area (Å²) in [6.07, 6.45) is 7.94. The first-order valence-corrected chi connectivity index (χ1v) is 11.8. The maximum Gasteiger partial charge on any atom is -1.00 e. The molecule has 31 heavy (non-hydrogen) atoms. The summed E-state index contributed by atoms with van der Waals surface area (Å²) in [7, 11) is 0. The van der Waals surface area contributed by atoms with Crippen LogP contribution in [0.15, 0.2) is 76.7 Å². The fraction of sp³-hybridized carbons (Fsp3) is 0.148. The summed E-state index contributed by atoms with van der Waals surface area (Å²) in [5.41, 5.74) is 6.87. The summed E-state index contributed by atoms with van der Waals surface area (Å²) in [5, 5.41) is 5.41. The first-order valence-electron chi connectivity index (χ1n) is 10.3. The largest absolute Gasteiger partial charge is 1.00 e. The van der Waals surface area contributed by atoms with E-state index in [-0.39, 0.29) is 44.0 Å². The molecule has 0 N–H and O–H groups in total. The monoisotopic (exact) mass is 476 g/mol. The average Bonchev–Trinajstić information content (AvgIpc) is 3.20. The minimum Gasteiger partial charge on any atom is -1.00 e. The van der Waals surface area contributed by atoms with Crippen molar-refractivity contribution in [2.24, 2.45) is 0 Å². The van der Waals surface area contributed by atoms with Crippen molar-refractivity contribution >= 4 is 32.1 Å². The van der Waals surface area contributed by atoms with Gasteiger partial charge in [0.05, 0.1) is 0 Å². The SMILES string of the molecule is Cc1cc(C)c(-c2c3b[c]([Ti+2][C]4=CC=CC4)ccc3cc3ccccc23)c(C)c1.[Cl-].[Cl-]. The van der Waals surface area contributed by atoms with E-state index in [2.05, 4.69) is 101 Å². The van der Waals surface area contributed by atoms with Gasteiger partial charge in [0, 0.05) is 0 Å². The van der Waals surface area contributed by atoms with Gasteiger partial charge in [-0.25, -0.2) is 0 Å². The van der Waals surface area contributed by atoms with Gasteiger partial charge in [-0.3, -0.25) is 0 Å². The predicted octanol–water partition coefficient (Wildman–Crippen LogP) is 0.483. The van der Waals surface area contributed by atoms with Crippen molar-refractivity contribution in [1.29, 1.82) is 0 Å². The van der Waals surface area contributed by atoms with Crippen LogP contribution in [0.2, 0.25) is 0 Å². The zero-order chi connectivity index (χ0) is 20.0. The number of hydrogen-bond donors (Lipinski definition) is 0. The van der Waals surface area contributed by atoms with Crippen molar-refractivity contribution in [3.63, 3.8) is 0 Å². The smallest absolute Gasteiger partial charge is 1.00 e. The van der Waals surface area contributed by atoms with Gasteiger partial charge in [0.1, 0.15) is 0 Å². The second-order valence-corrected chi connectivity index (χ2v) is 10.4. The van der Waals surface area contributed by atoms with Gasteiger partial charge in [-0.2, -0.15) is 0 Å². The van der Waals surface area contributed by atoms with Crippen LogP contribution in [0.5, 0.6) is 0 Å². The van der Waals surface area contributed by atoms with Gasteiger partial charge in [-0.05, 0) is 0 Å². The van der Waals surface area contributed by atoms with Crippen molar-refractivity contribution < 1.29 is 44.0 Å². The molecular formula is C27H23BCl2Ti. The molecule has 0 unspecified atom stereocenters. The Hall–Kier alpha value is -1.63. The molecule has 0 amide bonds. The number of fused-ring (bicyclic) bond motifs is 2. The van der Waals surface area contributed by atoms with Gasteiger partial charge in [-0.15, -0.1) is 0 Å². The van der Waals surface area contributed by atoms with Gasteiger partial charge in [0.2, 0.25) is 0 Å². The predicted molar refractivity (Wildman–Crippen MR) is 124 cm³/mol. The maximum absolute atomic E-state index is 2.48. The molecule has 4 aromatic rings. The van der Waals surface area contributed by atoms with E-state index >= 15 is 0 Å². The molecule has 1 aliphatic carbocycles. The van der Waals surface area contributed by atoms with Crippen LogP contribution in [0.25, 0.3) is 32.6 Å². The Bertz CT molecular complexity index is 1320. The van der Waals surface area contributed by atoms with Crippen LogP contribution in [-0.2, 0) is 19.2 Å². The number of rotatable bonds is 3. The molecule has 0 radical (unpaired) electrons. The number of allylic oxidation sites excluding steroid dienone is 4. The van der Waals surface area contributed by atoms with Crippen LogP contribution in [-0.4, -0.2) is 6.91 Å². The molecule has 1 aliphatic rings. The summed E-state index contributed by atoms with van der Waals surface area (Å²) in [6, 6.07) is 20.5. The van der Waals surface area contributed by atoms with E-state index in [0.717, 1.165) is 6.42 Å². The minimum atomic E-state index is -0.255. The quantitative estimate of drug-likeness (QED) is 0.298. The number of halogens is 2. The molecule has 0 aliphatic heterocycles. The molecule has 0 atom stereocenters. The normalized spacial score (nSPS) is 12.2. The molecule has 0 spiro atoms. The molecule has 1 heterocycles. The van der Waals surface area contributed by atoms with Crippen molar-refractivity contribution in [3.8, 4) is 11.1 Å². The van der Waals surface area contributed by atoms with Crippen LogP contribution in [0.1, 0.15) is 23.1 Å². The maximum atomic E-state index is 2.48. The van der Waals surface area contributed by atoms with E-state index in [1.807, 2.05) is 0 Å².